The van der Waals surface area contributed by atoms with Gasteiger partial charge < -0.3 is 21.5 Å². The summed E-state index contributed by atoms with van der Waals surface area (Å²) in [6.07, 6.45) is 2.48. The largest absolute Gasteiger partial charge is 0.377 e. The van der Waals surface area contributed by atoms with Crippen molar-refractivity contribution in [3.05, 3.63) is 0 Å². The lowest BCUT2D eigenvalue weighted by atomic mass is 10.2. The number of hydrogen-bond donors (Lipinski definition) is 3. The molecule has 0 spiro atoms. The molecule has 1 fully saturated rings. The second kappa shape index (κ2) is 5.16. The van der Waals surface area contributed by atoms with Crippen molar-refractivity contribution in [1.82, 2.24) is 5.32 Å². The van der Waals surface area contributed by atoms with Crippen LogP contribution in [0.15, 0.2) is 0 Å². The predicted molar refractivity (Wildman–Crippen MR) is 49.0 cm³/mol. The van der Waals surface area contributed by atoms with Crippen molar-refractivity contribution in [1.29, 1.82) is 0 Å². The Morgan fingerprint density at radius 1 is 1.69 bits per heavy atom. The molecule has 2 unspecified atom stereocenters. The molecule has 0 bridgehead atoms. The Labute approximate surface area is 77.8 Å². The Bertz CT molecular complexity index is 169. The molecule has 76 valence electrons. The smallest absolute Gasteiger partial charge is 0.235 e. The second-order valence-corrected chi connectivity index (χ2v) is 3.30. The highest BCUT2D eigenvalue weighted by Crippen LogP contribution is 2.10. The van der Waals surface area contributed by atoms with Crippen LogP contribution < -0.4 is 16.8 Å². The van der Waals surface area contributed by atoms with Gasteiger partial charge in [-0.1, -0.05) is 0 Å². The van der Waals surface area contributed by atoms with E-state index in [0.29, 0.717) is 6.54 Å². The molecular weight excluding hydrogens is 170 g/mol. The zero-order valence-electron chi connectivity index (χ0n) is 7.66. The van der Waals surface area contributed by atoms with Crippen LogP contribution in [0.5, 0.6) is 0 Å². The van der Waals surface area contributed by atoms with Crippen molar-refractivity contribution < 1.29 is 9.53 Å². The molecule has 1 amide bonds. The van der Waals surface area contributed by atoms with Gasteiger partial charge in [0, 0.05) is 19.7 Å². The van der Waals surface area contributed by atoms with E-state index in [0.717, 1.165) is 26.0 Å². The molecular formula is C8H17N3O2. The SMILES string of the molecule is NC(=O)C(N)CNCC1CCCO1. The molecule has 5 nitrogen and oxygen atoms in total. The first kappa shape index (κ1) is 10.4. The van der Waals surface area contributed by atoms with Crippen LogP contribution in [0.3, 0.4) is 0 Å². The number of nitrogens with two attached hydrogens (primary N) is 2. The van der Waals surface area contributed by atoms with Crippen LogP contribution in [0.4, 0.5) is 0 Å². The fourth-order valence-corrected chi connectivity index (χ4v) is 1.31. The van der Waals surface area contributed by atoms with Crippen molar-refractivity contribution in [2.24, 2.45) is 11.5 Å². The molecule has 5 N–H and O–H groups in total. The average Bonchev–Trinajstić information content (AvgIpc) is 2.56. The summed E-state index contributed by atoms with van der Waals surface area (Å²) in [7, 11) is 0. The van der Waals surface area contributed by atoms with Gasteiger partial charge in [-0.3, -0.25) is 4.79 Å². The summed E-state index contributed by atoms with van der Waals surface area (Å²) in [6.45, 7) is 2.02. The van der Waals surface area contributed by atoms with E-state index in [4.69, 9.17) is 16.2 Å². The maximum absolute atomic E-state index is 10.6. The number of amides is 1. The Morgan fingerprint density at radius 3 is 3.00 bits per heavy atom. The van der Waals surface area contributed by atoms with Gasteiger partial charge in [-0.2, -0.15) is 0 Å². The van der Waals surface area contributed by atoms with E-state index in [2.05, 4.69) is 5.32 Å². The second-order valence-electron chi connectivity index (χ2n) is 3.30. The summed E-state index contributed by atoms with van der Waals surface area (Å²) in [5.41, 5.74) is 10.4. The minimum atomic E-state index is -0.596. The van der Waals surface area contributed by atoms with Gasteiger partial charge in [0.2, 0.25) is 5.91 Å². The topological polar surface area (TPSA) is 90.4 Å². The predicted octanol–water partition coefficient (Wildman–Crippen LogP) is -1.43. The minimum absolute atomic E-state index is 0.278. The van der Waals surface area contributed by atoms with Crippen molar-refractivity contribution in [3.63, 3.8) is 0 Å². The monoisotopic (exact) mass is 187 g/mol. The highest BCUT2D eigenvalue weighted by Gasteiger charge is 2.15. The lowest BCUT2D eigenvalue weighted by Crippen LogP contribution is -2.45. The van der Waals surface area contributed by atoms with Gasteiger partial charge in [-0.05, 0) is 12.8 Å². The van der Waals surface area contributed by atoms with E-state index < -0.39 is 11.9 Å². The van der Waals surface area contributed by atoms with Gasteiger partial charge in [0.25, 0.3) is 0 Å². The van der Waals surface area contributed by atoms with E-state index in [9.17, 15) is 4.79 Å². The Morgan fingerprint density at radius 2 is 2.46 bits per heavy atom. The number of nitrogens with one attached hydrogen (secondary N) is 1. The number of carbonyl (C=O) groups is 1. The highest BCUT2D eigenvalue weighted by atomic mass is 16.5. The molecule has 13 heavy (non-hydrogen) atoms. The number of rotatable bonds is 5. The third-order valence-corrected chi connectivity index (χ3v) is 2.13. The van der Waals surface area contributed by atoms with Crippen molar-refractivity contribution in [2.75, 3.05) is 19.7 Å². The summed E-state index contributed by atoms with van der Waals surface area (Å²) in [4.78, 5) is 10.6. The highest BCUT2D eigenvalue weighted by molar-refractivity contribution is 5.79. The van der Waals surface area contributed by atoms with Gasteiger partial charge in [0.1, 0.15) is 0 Å². The van der Waals surface area contributed by atoms with Crippen LogP contribution in [0, 0.1) is 0 Å². The first-order chi connectivity index (χ1) is 6.20. The van der Waals surface area contributed by atoms with Crippen molar-refractivity contribution in [3.8, 4) is 0 Å². The third kappa shape index (κ3) is 3.71. The summed E-state index contributed by atoms with van der Waals surface area (Å²) in [5.74, 6) is -0.472. The molecule has 0 aliphatic carbocycles. The van der Waals surface area contributed by atoms with Gasteiger partial charge in [0.05, 0.1) is 12.1 Å². The molecule has 1 aliphatic heterocycles. The fourth-order valence-electron chi connectivity index (χ4n) is 1.31. The standard InChI is InChI=1S/C8H17N3O2/c9-7(8(10)12)5-11-4-6-2-1-3-13-6/h6-7,11H,1-5,9H2,(H2,10,12). The van der Waals surface area contributed by atoms with E-state index in [1.807, 2.05) is 0 Å². The number of primary amides is 1. The molecule has 5 heteroatoms. The van der Waals surface area contributed by atoms with Crippen LogP contribution in [0.25, 0.3) is 0 Å². The maximum Gasteiger partial charge on any atom is 0.235 e. The van der Waals surface area contributed by atoms with Crippen LogP contribution >= 0.6 is 0 Å². The van der Waals surface area contributed by atoms with Gasteiger partial charge in [0.15, 0.2) is 0 Å². The zero-order chi connectivity index (χ0) is 9.68. The van der Waals surface area contributed by atoms with Crippen LogP contribution in [-0.2, 0) is 9.53 Å². The summed E-state index contributed by atoms with van der Waals surface area (Å²) in [5, 5.41) is 3.06. The Balaban J connectivity index is 2.02. The van der Waals surface area contributed by atoms with E-state index in [1.165, 1.54) is 0 Å². The lowest BCUT2D eigenvalue weighted by molar-refractivity contribution is -0.119. The summed E-state index contributed by atoms with van der Waals surface area (Å²) < 4.78 is 5.38. The maximum atomic E-state index is 10.6. The van der Waals surface area contributed by atoms with E-state index in [-0.39, 0.29) is 6.10 Å². The zero-order valence-corrected chi connectivity index (χ0v) is 7.66. The number of ether oxygens (including phenoxy) is 1. The molecule has 0 radical (unpaired) electrons. The van der Waals surface area contributed by atoms with Gasteiger partial charge in [-0.15, -0.1) is 0 Å². The quantitative estimate of drug-likeness (QED) is 0.492. The molecule has 2 atom stereocenters. The number of hydrogen-bond acceptors (Lipinski definition) is 4. The van der Waals surface area contributed by atoms with Gasteiger partial charge >= 0.3 is 0 Å². The van der Waals surface area contributed by atoms with Crippen LogP contribution in [0.2, 0.25) is 0 Å². The first-order valence-corrected chi connectivity index (χ1v) is 4.57. The molecule has 1 heterocycles. The summed E-state index contributed by atoms with van der Waals surface area (Å²) >= 11 is 0. The minimum Gasteiger partial charge on any atom is -0.377 e. The van der Waals surface area contributed by atoms with Crippen molar-refractivity contribution >= 4 is 5.91 Å². The normalized spacial score (nSPS) is 24.5. The van der Waals surface area contributed by atoms with Crippen molar-refractivity contribution in [2.45, 2.75) is 25.0 Å². The third-order valence-electron chi connectivity index (χ3n) is 2.13. The number of carbonyl (C=O) groups excluding carboxylic acids is 1. The lowest BCUT2D eigenvalue weighted by Gasteiger charge is -2.12. The van der Waals surface area contributed by atoms with Crippen LogP contribution in [-0.4, -0.2) is 37.7 Å². The molecule has 1 aliphatic rings. The molecule has 0 aromatic carbocycles. The Kier molecular flexibility index (Phi) is 4.14. The first-order valence-electron chi connectivity index (χ1n) is 4.57. The van der Waals surface area contributed by atoms with Gasteiger partial charge in [-0.25, -0.2) is 0 Å². The van der Waals surface area contributed by atoms with E-state index in [1.54, 1.807) is 0 Å². The fraction of sp³-hybridized carbons (Fsp3) is 0.875. The molecule has 0 aromatic heterocycles. The Hall–Kier alpha value is -0.650. The average molecular weight is 187 g/mol. The molecule has 0 aromatic rings. The molecule has 1 rings (SSSR count). The van der Waals surface area contributed by atoms with Crippen LogP contribution in [0.1, 0.15) is 12.8 Å². The molecule has 1 saturated heterocycles. The molecule has 0 saturated carbocycles. The summed E-state index contributed by atoms with van der Waals surface area (Å²) in [6, 6.07) is -0.596. The van der Waals surface area contributed by atoms with E-state index >= 15 is 0 Å².